The summed E-state index contributed by atoms with van der Waals surface area (Å²) >= 11 is 4.09. The summed E-state index contributed by atoms with van der Waals surface area (Å²) in [5, 5.41) is 4.90. The zero-order valence-electron chi connectivity index (χ0n) is 8.51. The van der Waals surface area contributed by atoms with Gasteiger partial charge in [0.2, 0.25) is 11.8 Å². The van der Waals surface area contributed by atoms with Crippen molar-refractivity contribution in [3.63, 3.8) is 0 Å². The molecule has 0 aromatic heterocycles. The molecule has 0 saturated carbocycles. The van der Waals surface area contributed by atoms with Crippen molar-refractivity contribution in [3.05, 3.63) is 35.9 Å². The van der Waals surface area contributed by atoms with Crippen molar-refractivity contribution in [3.8, 4) is 0 Å². The van der Waals surface area contributed by atoms with Crippen LogP contribution in [0.25, 0.3) is 0 Å². The molecule has 2 atom stereocenters. The summed E-state index contributed by atoms with van der Waals surface area (Å²) in [5.74, 6) is -0.341. The van der Waals surface area contributed by atoms with Crippen molar-refractivity contribution in [1.82, 2.24) is 10.6 Å². The van der Waals surface area contributed by atoms with Crippen LogP contribution in [0.2, 0.25) is 0 Å². The molecular formula is C11H12N2O2S. The van der Waals surface area contributed by atoms with E-state index in [4.69, 9.17) is 0 Å². The molecule has 1 aromatic rings. The molecule has 1 aromatic carbocycles. The standard InChI is InChI=1S/C11H12N2O2S/c14-8(6-7-4-2-1-3-5-7)12-9-10(15)13-11(9)16/h1-5,9,11,16H,6H2,(H,12,14)(H,13,15). The fourth-order valence-corrected chi connectivity index (χ4v) is 1.85. The van der Waals surface area contributed by atoms with Gasteiger partial charge in [-0.2, -0.15) is 12.6 Å². The second-order valence-corrected chi connectivity index (χ2v) is 4.22. The van der Waals surface area contributed by atoms with E-state index < -0.39 is 6.04 Å². The molecule has 1 aliphatic heterocycles. The lowest BCUT2D eigenvalue weighted by atomic mass is 10.1. The van der Waals surface area contributed by atoms with Gasteiger partial charge in [0.25, 0.3) is 0 Å². The van der Waals surface area contributed by atoms with Crippen molar-refractivity contribution in [2.24, 2.45) is 0 Å². The van der Waals surface area contributed by atoms with E-state index in [1.807, 2.05) is 30.3 Å². The second kappa shape index (κ2) is 4.57. The fourth-order valence-electron chi connectivity index (χ4n) is 1.52. The average Bonchev–Trinajstić information content (AvgIpc) is 2.28. The van der Waals surface area contributed by atoms with Crippen molar-refractivity contribution in [2.75, 3.05) is 0 Å². The van der Waals surface area contributed by atoms with Gasteiger partial charge >= 0.3 is 0 Å². The smallest absolute Gasteiger partial charge is 0.246 e. The lowest BCUT2D eigenvalue weighted by Gasteiger charge is -2.33. The maximum absolute atomic E-state index is 11.6. The number of hydrogen-bond donors (Lipinski definition) is 3. The summed E-state index contributed by atoms with van der Waals surface area (Å²) in [4.78, 5) is 22.6. The van der Waals surface area contributed by atoms with Gasteiger partial charge in [-0.3, -0.25) is 9.59 Å². The maximum Gasteiger partial charge on any atom is 0.246 e. The van der Waals surface area contributed by atoms with Gasteiger partial charge < -0.3 is 10.6 Å². The minimum atomic E-state index is -0.500. The predicted octanol–water partition coefficient (Wildman–Crippen LogP) is 0.0996. The monoisotopic (exact) mass is 236 g/mol. The summed E-state index contributed by atoms with van der Waals surface area (Å²) in [7, 11) is 0. The van der Waals surface area contributed by atoms with Crippen LogP contribution in [0.15, 0.2) is 30.3 Å². The third kappa shape index (κ3) is 2.36. The summed E-state index contributed by atoms with van der Waals surface area (Å²) < 4.78 is 0. The van der Waals surface area contributed by atoms with E-state index in [2.05, 4.69) is 23.3 Å². The van der Waals surface area contributed by atoms with E-state index in [-0.39, 0.29) is 23.6 Å². The van der Waals surface area contributed by atoms with E-state index >= 15 is 0 Å². The Balaban J connectivity index is 1.87. The number of nitrogens with one attached hydrogen (secondary N) is 2. The third-order valence-electron chi connectivity index (χ3n) is 2.41. The number of carbonyl (C=O) groups is 2. The molecule has 0 radical (unpaired) electrons. The summed E-state index contributed by atoms with van der Waals surface area (Å²) in [6.45, 7) is 0. The number of amides is 2. The normalized spacial score (nSPS) is 23.2. The highest BCUT2D eigenvalue weighted by Gasteiger charge is 2.37. The summed E-state index contributed by atoms with van der Waals surface area (Å²) in [5.41, 5.74) is 0.926. The first kappa shape index (κ1) is 11.0. The third-order valence-corrected chi connectivity index (χ3v) is 2.84. The second-order valence-electron chi connectivity index (χ2n) is 3.66. The molecule has 4 nitrogen and oxygen atoms in total. The highest BCUT2D eigenvalue weighted by atomic mass is 32.1. The van der Waals surface area contributed by atoms with Gasteiger partial charge in [-0.05, 0) is 5.56 Å². The quantitative estimate of drug-likeness (QED) is 0.515. The molecule has 2 unspecified atom stereocenters. The first-order valence-electron chi connectivity index (χ1n) is 4.98. The minimum absolute atomic E-state index is 0.162. The Hall–Kier alpha value is -1.49. The zero-order chi connectivity index (χ0) is 11.5. The van der Waals surface area contributed by atoms with Gasteiger partial charge in [0.05, 0.1) is 6.42 Å². The van der Waals surface area contributed by atoms with Crippen LogP contribution in [0.4, 0.5) is 0 Å². The number of carbonyl (C=O) groups excluding carboxylic acids is 2. The van der Waals surface area contributed by atoms with E-state index in [9.17, 15) is 9.59 Å². The Morgan fingerprint density at radius 1 is 1.38 bits per heavy atom. The maximum atomic E-state index is 11.6. The van der Waals surface area contributed by atoms with Crippen LogP contribution in [0.1, 0.15) is 5.56 Å². The van der Waals surface area contributed by atoms with E-state index in [0.29, 0.717) is 0 Å². The number of thiol groups is 1. The van der Waals surface area contributed by atoms with Crippen molar-refractivity contribution >= 4 is 24.4 Å². The summed E-state index contributed by atoms with van der Waals surface area (Å²) in [6, 6.07) is 8.89. The first-order valence-corrected chi connectivity index (χ1v) is 5.50. The van der Waals surface area contributed by atoms with Crippen LogP contribution >= 0.6 is 12.6 Å². The molecule has 16 heavy (non-hydrogen) atoms. The Kier molecular flexibility index (Phi) is 3.14. The molecule has 84 valence electrons. The molecule has 2 rings (SSSR count). The largest absolute Gasteiger partial charge is 0.341 e. The van der Waals surface area contributed by atoms with Gasteiger partial charge in [0.1, 0.15) is 11.4 Å². The molecule has 0 bridgehead atoms. The Labute approximate surface area is 98.8 Å². The number of hydrogen-bond acceptors (Lipinski definition) is 3. The Morgan fingerprint density at radius 3 is 2.62 bits per heavy atom. The SMILES string of the molecule is O=C(Cc1ccccc1)NC1C(=O)NC1S. The van der Waals surface area contributed by atoms with Gasteiger partial charge in [-0.25, -0.2) is 0 Å². The molecule has 0 aliphatic carbocycles. The molecule has 1 aliphatic rings. The van der Waals surface area contributed by atoms with Gasteiger partial charge in [-0.15, -0.1) is 0 Å². The number of benzene rings is 1. The van der Waals surface area contributed by atoms with Crippen LogP contribution in [0.3, 0.4) is 0 Å². The van der Waals surface area contributed by atoms with E-state index in [1.54, 1.807) is 0 Å². The zero-order valence-corrected chi connectivity index (χ0v) is 9.41. The predicted molar refractivity (Wildman–Crippen MR) is 63.0 cm³/mol. The molecule has 1 fully saturated rings. The minimum Gasteiger partial charge on any atom is -0.341 e. The first-order chi connectivity index (χ1) is 7.66. The fraction of sp³-hybridized carbons (Fsp3) is 0.273. The highest BCUT2D eigenvalue weighted by molar-refractivity contribution is 7.81. The van der Waals surface area contributed by atoms with Crippen LogP contribution < -0.4 is 10.6 Å². The van der Waals surface area contributed by atoms with Gasteiger partial charge in [0.15, 0.2) is 0 Å². The van der Waals surface area contributed by atoms with Crippen molar-refractivity contribution in [2.45, 2.75) is 17.8 Å². The molecule has 1 heterocycles. The average molecular weight is 236 g/mol. The lowest BCUT2D eigenvalue weighted by Crippen LogP contribution is -2.67. The van der Waals surface area contributed by atoms with Crippen LogP contribution in [0.5, 0.6) is 0 Å². The Bertz CT molecular complexity index is 408. The number of rotatable bonds is 3. The van der Waals surface area contributed by atoms with Crippen LogP contribution in [-0.2, 0) is 16.0 Å². The highest BCUT2D eigenvalue weighted by Crippen LogP contribution is 2.10. The molecular weight excluding hydrogens is 224 g/mol. The molecule has 5 heteroatoms. The van der Waals surface area contributed by atoms with E-state index in [0.717, 1.165) is 5.56 Å². The van der Waals surface area contributed by atoms with Crippen LogP contribution in [-0.4, -0.2) is 23.2 Å². The molecule has 2 N–H and O–H groups in total. The van der Waals surface area contributed by atoms with Crippen molar-refractivity contribution in [1.29, 1.82) is 0 Å². The van der Waals surface area contributed by atoms with Crippen LogP contribution in [0, 0.1) is 0 Å². The van der Waals surface area contributed by atoms with Gasteiger partial charge in [0, 0.05) is 0 Å². The van der Waals surface area contributed by atoms with Gasteiger partial charge in [-0.1, -0.05) is 30.3 Å². The summed E-state index contributed by atoms with van der Waals surface area (Å²) in [6.07, 6.45) is 0.283. The van der Waals surface area contributed by atoms with Crippen molar-refractivity contribution < 1.29 is 9.59 Å². The van der Waals surface area contributed by atoms with E-state index in [1.165, 1.54) is 0 Å². The molecule has 2 amide bonds. The Morgan fingerprint density at radius 2 is 2.06 bits per heavy atom. The topological polar surface area (TPSA) is 58.2 Å². The number of β-lactam (4-membered cyclic amide) rings is 1. The molecule has 0 spiro atoms. The lowest BCUT2D eigenvalue weighted by molar-refractivity contribution is -0.133. The molecule has 1 saturated heterocycles.